The first-order valence-electron chi connectivity index (χ1n) is 2.09. The van der Waals surface area contributed by atoms with Gasteiger partial charge >= 0.3 is 0 Å². The van der Waals surface area contributed by atoms with Crippen LogP contribution in [0.5, 0.6) is 0 Å². The molecule has 0 aliphatic heterocycles. The topological polar surface area (TPSA) is 20.2 Å². The lowest BCUT2D eigenvalue weighted by Gasteiger charge is -1.52. The van der Waals surface area contributed by atoms with Crippen molar-refractivity contribution in [2.75, 3.05) is 17.3 Å². The SMILES string of the molecule is CCO.ClCCl.ClCCl. The van der Waals surface area contributed by atoms with Crippen molar-refractivity contribution in [3.8, 4) is 0 Å². The van der Waals surface area contributed by atoms with E-state index in [2.05, 4.69) is 0 Å². The summed E-state index contributed by atoms with van der Waals surface area (Å²) in [6.07, 6.45) is 0. The zero-order valence-corrected chi connectivity index (χ0v) is 8.10. The van der Waals surface area contributed by atoms with E-state index in [1.165, 1.54) is 0 Å². The average Bonchev–Trinajstić information content (AvgIpc) is 1.70. The average molecular weight is 216 g/mol. The van der Waals surface area contributed by atoms with Crippen LogP contribution in [0.25, 0.3) is 0 Å². The highest BCUT2D eigenvalue weighted by molar-refractivity contribution is 6.40. The molecule has 0 aromatic carbocycles. The standard InChI is InChI=1S/C2H6O.2CH2Cl2/c1-2-3;2*2-1-3/h3H,2H2,1H3;2*1H2. The Hall–Kier alpha value is 1.12. The number of halogens is 4. The molecule has 0 fully saturated rings. The second-order valence-corrected chi connectivity index (χ2v) is 2.13. The van der Waals surface area contributed by atoms with E-state index in [0.717, 1.165) is 0 Å². The zero-order chi connectivity index (χ0) is 8.12. The largest absolute Gasteiger partial charge is 0.397 e. The van der Waals surface area contributed by atoms with Gasteiger partial charge in [-0.15, -0.1) is 46.4 Å². The van der Waals surface area contributed by atoms with Gasteiger partial charge < -0.3 is 5.11 Å². The smallest absolute Gasteiger partial charge is 0.0967 e. The van der Waals surface area contributed by atoms with Crippen LogP contribution in [0, 0.1) is 0 Å². The summed E-state index contributed by atoms with van der Waals surface area (Å²) in [4.78, 5) is 0. The molecule has 0 rings (SSSR count). The Morgan fingerprint density at radius 3 is 1.00 bits per heavy atom. The van der Waals surface area contributed by atoms with Crippen molar-refractivity contribution in [1.82, 2.24) is 0 Å². The van der Waals surface area contributed by atoms with E-state index in [0.29, 0.717) is 0 Å². The van der Waals surface area contributed by atoms with Gasteiger partial charge in [0, 0.05) is 6.61 Å². The van der Waals surface area contributed by atoms with Crippen LogP contribution in [0.2, 0.25) is 0 Å². The van der Waals surface area contributed by atoms with Gasteiger partial charge in [-0.25, -0.2) is 0 Å². The van der Waals surface area contributed by atoms with Gasteiger partial charge in [0.15, 0.2) is 0 Å². The molecule has 0 bridgehead atoms. The quantitative estimate of drug-likeness (QED) is 0.617. The van der Waals surface area contributed by atoms with Crippen molar-refractivity contribution in [3.63, 3.8) is 0 Å². The highest BCUT2D eigenvalue weighted by atomic mass is 35.5. The first-order valence-corrected chi connectivity index (χ1v) is 4.23. The van der Waals surface area contributed by atoms with E-state index in [1.54, 1.807) is 6.92 Å². The van der Waals surface area contributed by atoms with E-state index in [-0.39, 0.29) is 17.3 Å². The molecule has 0 amide bonds. The number of aliphatic hydroxyl groups is 1. The molecule has 0 aromatic heterocycles. The van der Waals surface area contributed by atoms with Crippen LogP contribution < -0.4 is 0 Å². The molecule has 0 aliphatic carbocycles. The molecule has 9 heavy (non-hydrogen) atoms. The van der Waals surface area contributed by atoms with E-state index >= 15 is 0 Å². The fourth-order valence-electron chi connectivity index (χ4n) is 0. The summed E-state index contributed by atoms with van der Waals surface area (Å²) in [6.45, 7) is 1.93. The summed E-state index contributed by atoms with van der Waals surface area (Å²) in [6, 6.07) is 0. The highest BCUT2D eigenvalue weighted by Crippen LogP contribution is 1.73. The predicted molar refractivity (Wildman–Crippen MR) is 45.9 cm³/mol. The van der Waals surface area contributed by atoms with Crippen LogP contribution in [-0.4, -0.2) is 22.4 Å². The van der Waals surface area contributed by atoms with E-state index in [4.69, 9.17) is 51.5 Å². The molecule has 0 radical (unpaired) electrons. The predicted octanol–water partition coefficient (Wildman–Crippen LogP) is 2.84. The Bertz CT molecular complexity index is 17.3. The molecule has 0 heterocycles. The van der Waals surface area contributed by atoms with Crippen LogP contribution in [0.3, 0.4) is 0 Å². The lowest BCUT2D eigenvalue weighted by atomic mass is 10.9. The third kappa shape index (κ3) is 369. The maximum absolute atomic E-state index is 7.57. The Balaban J connectivity index is -0.0000000600. The van der Waals surface area contributed by atoms with Gasteiger partial charge in [-0.1, -0.05) is 0 Å². The molecule has 1 nitrogen and oxygen atoms in total. The van der Waals surface area contributed by atoms with Crippen LogP contribution >= 0.6 is 46.4 Å². The molecule has 0 saturated carbocycles. The van der Waals surface area contributed by atoms with Gasteiger partial charge in [-0.2, -0.15) is 0 Å². The maximum atomic E-state index is 7.57. The molecule has 0 spiro atoms. The minimum atomic E-state index is 0.194. The minimum Gasteiger partial charge on any atom is -0.397 e. The molecule has 1 N–H and O–H groups in total. The normalized spacial score (nSPS) is 6.00. The monoisotopic (exact) mass is 214 g/mol. The molecule has 0 aromatic rings. The van der Waals surface area contributed by atoms with Gasteiger partial charge in [-0.05, 0) is 6.92 Å². The number of hydrogen-bond acceptors (Lipinski definition) is 1. The Labute approximate surface area is 75.9 Å². The summed E-state index contributed by atoms with van der Waals surface area (Å²) in [7, 11) is 0. The van der Waals surface area contributed by atoms with Gasteiger partial charge in [0.05, 0.1) is 10.7 Å². The fourth-order valence-corrected chi connectivity index (χ4v) is 0. The lowest BCUT2D eigenvalue weighted by molar-refractivity contribution is 0.318. The second kappa shape index (κ2) is 35.4. The summed E-state index contributed by atoms with van der Waals surface area (Å²) in [5.41, 5.74) is 0. The molecular weight excluding hydrogens is 206 g/mol. The van der Waals surface area contributed by atoms with Crippen molar-refractivity contribution >= 4 is 46.4 Å². The maximum Gasteiger partial charge on any atom is 0.0967 e. The van der Waals surface area contributed by atoms with Gasteiger partial charge in [0.1, 0.15) is 0 Å². The third-order valence-corrected chi connectivity index (χ3v) is 0. The molecule has 0 unspecified atom stereocenters. The van der Waals surface area contributed by atoms with Crippen LogP contribution in [0.15, 0.2) is 0 Å². The first kappa shape index (κ1) is 16.6. The number of alkyl halides is 4. The molecule has 0 atom stereocenters. The zero-order valence-electron chi connectivity index (χ0n) is 5.08. The van der Waals surface area contributed by atoms with Gasteiger partial charge in [0.25, 0.3) is 0 Å². The molecular formula is C4H10Cl4O. The van der Waals surface area contributed by atoms with Crippen LogP contribution in [-0.2, 0) is 0 Å². The van der Waals surface area contributed by atoms with E-state index in [9.17, 15) is 0 Å². The van der Waals surface area contributed by atoms with Crippen molar-refractivity contribution in [2.45, 2.75) is 6.92 Å². The highest BCUT2D eigenvalue weighted by Gasteiger charge is 1.42. The van der Waals surface area contributed by atoms with Crippen molar-refractivity contribution in [1.29, 1.82) is 0 Å². The molecule has 0 saturated heterocycles. The summed E-state index contributed by atoms with van der Waals surface area (Å²) < 4.78 is 0. The summed E-state index contributed by atoms with van der Waals surface area (Å²) in [5.74, 6) is 0. The number of aliphatic hydroxyl groups excluding tert-OH is 1. The fraction of sp³-hybridized carbons (Fsp3) is 1.00. The number of rotatable bonds is 0. The third-order valence-electron chi connectivity index (χ3n) is 0. The van der Waals surface area contributed by atoms with E-state index in [1.807, 2.05) is 0 Å². The number of hydrogen-bond donors (Lipinski definition) is 1. The molecule has 5 heteroatoms. The first-order chi connectivity index (χ1) is 4.24. The Morgan fingerprint density at radius 1 is 1.00 bits per heavy atom. The molecule has 60 valence electrons. The van der Waals surface area contributed by atoms with Gasteiger partial charge in [0.2, 0.25) is 0 Å². The summed E-state index contributed by atoms with van der Waals surface area (Å²) in [5, 5.41) is 7.96. The van der Waals surface area contributed by atoms with Gasteiger partial charge in [-0.3, -0.25) is 0 Å². The van der Waals surface area contributed by atoms with Crippen LogP contribution in [0.4, 0.5) is 0 Å². The Kier molecular flexibility index (Phi) is 65.4. The van der Waals surface area contributed by atoms with E-state index < -0.39 is 0 Å². The van der Waals surface area contributed by atoms with Crippen molar-refractivity contribution in [2.24, 2.45) is 0 Å². The second-order valence-electron chi connectivity index (χ2n) is 0.518. The lowest BCUT2D eigenvalue weighted by Crippen LogP contribution is -1.57. The minimum absolute atomic E-state index is 0.194. The van der Waals surface area contributed by atoms with Crippen LogP contribution in [0.1, 0.15) is 6.92 Å². The Morgan fingerprint density at radius 2 is 1.00 bits per heavy atom. The van der Waals surface area contributed by atoms with Crippen molar-refractivity contribution < 1.29 is 5.11 Å². The van der Waals surface area contributed by atoms with Crippen molar-refractivity contribution in [3.05, 3.63) is 0 Å². The molecule has 0 aliphatic rings. The summed E-state index contributed by atoms with van der Waals surface area (Å²) >= 11 is 19.1.